The van der Waals surface area contributed by atoms with Gasteiger partial charge in [-0.1, -0.05) is 13.8 Å². The molecule has 0 saturated heterocycles. The van der Waals surface area contributed by atoms with Crippen molar-refractivity contribution >= 4 is 39.7 Å². The molecule has 0 spiro atoms. The standard InChI is InChI=1S/2C3H7NO.3ClH.Ti/c2*1-2-3(4)5;;;;/h2*2H2,1H3,(H2,4,5);3*1H;/q;;;;;+3/p-5. The summed E-state index contributed by atoms with van der Waals surface area (Å²) in [5, 5.41) is 0. The average molecular weight is 298 g/mol. The summed E-state index contributed by atoms with van der Waals surface area (Å²) < 4.78 is 0. The summed E-state index contributed by atoms with van der Waals surface area (Å²) in [7, 11) is 14.9. The molecule has 0 atom stereocenters. The van der Waals surface area contributed by atoms with Crippen LogP contribution in [-0.2, 0) is 24.3 Å². The van der Waals surface area contributed by atoms with Crippen LogP contribution >= 0.6 is 27.9 Å². The molecule has 0 saturated carbocycles. The predicted molar refractivity (Wildman–Crippen MR) is 56.8 cm³/mol. The molecule has 0 unspecified atom stereocenters. The van der Waals surface area contributed by atoms with Crippen LogP contribution in [0.2, 0.25) is 0 Å². The van der Waals surface area contributed by atoms with Crippen LogP contribution in [0.25, 0.3) is 11.5 Å². The summed E-state index contributed by atoms with van der Waals surface area (Å²) in [6, 6.07) is 0. The molecule has 0 rings (SSSR count). The van der Waals surface area contributed by atoms with Gasteiger partial charge in [0.05, 0.1) is 0 Å². The van der Waals surface area contributed by atoms with Crippen LogP contribution in [0.15, 0.2) is 0 Å². The van der Waals surface area contributed by atoms with Crippen LogP contribution in [0, 0.1) is 0 Å². The molecule has 0 aromatic heterocycles. The molecule has 4 nitrogen and oxygen atoms in total. The molecule has 0 radical (unpaired) electrons. The quantitative estimate of drug-likeness (QED) is 0.721. The predicted octanol–water partition coefficient (Wildman–Crippen LogP) is 4.02. The zero-order valence-corrected chi connectivity index (χ0v) is 11.7. The summed E-state index contributed by atoms with van der Waals surface area (Å²) in [4.78, 5) is 19.0. The van der Waals surface area contributed by atoms with E-state index in [0.717, 1.165) is 0 Å². The molecule has 0 heterocycles. The third-order valence-corrected chi connectivity index (χ3v) is 0.642. The number of carbonyl (C=O) groups excluding carboxylic acids is 2. The van der Waals surface area contributed by atoms with Crippen molar-refractivity contribution in [2.45, 2.75) is 26.7 Å². The van der Waals surface area contributed by atoms with Crippen LogP contribution in [0.5, 0.6) is 0 Å². The monoisotopic (exact) mass is 297 g/mol. The SMILES string of the molecule is CCC([NH-])=O.CCC([NH-])=O.[Cl][Ti]([Cl])[Cl]. The Hall–Kier alpha value is 0.524. The summed E-state index contributed by atoms with van der Waals surface area (Å²) in [5.74, 6) is -0.991. The van der Waals surface area contributed by atoms with Crippen molar-refractivity contribution < 1.29 is 24.3 Å². The Morgan fingerprint density at radius 3 is 1.07 bits per heavy atom. The van der Waals surface area contributed by atoms with Crippen LogP contribution in [0.3, 0.4) is 0 Å². The first-order valence-electron chi connectivity index (χ1n) is 3.60. The first kappa shape index (κ1) is 20.0. The zero-order valence-electron chi connectivity index (χ0n) is 7.86. The van der Waals surface area contributed by atoms with E-state index < -0.39 is 26.5 Å². The molecule has 14 heavy (non-hydrogen) atoms. The van der Waals surface area contributed by atoms with Gasteiger partial charge in [0.2, 0.25) is 0 Å². The van der Waals surface area contributed by atoms with Crippen LogP contribution < -0.4 is 0 Å². The molecular formula is C6H12Cl3N2O2Ti-2. The Morgan fingerprint density at radius 2 is 1.07 bits per heavy atom. The number of halogens is 3. The van der Waals surface area contributed by atoms with Crippen molar-refractivity contribution in [2.75, 3.05) is 0 Å². The van der Waals surface area contributed by atoms with Crippen molar-refractivity contribution in [1.29, 1.82) is 0 Å². The van der Waals surface area contributed by atoms with Crippen molar-refractivity contribution in [1.82, 2.24) is 0 Å². The molecule has 85 valence electrons. The first-order chi connectivity index (χ1) is 6.27. The molecule has 2 amide bonds. The normalized spacial score (nSPS) is 7.21. The number of carbonyl (C=O) groups is 2. The van der Waals surface area contributed by atoms with Crippen LogP contribution in [-0.4, -0.2) is 11.8 Å². The van der Waals surface area contributed by atoms with Gasteiger partial charge in [-0.3, -0.25) is 0 Å². The third-order valence-electron chi connectivity index (χ3n) is 0.642. The molecule has 0 aromatic rings. The van der Waals surface area contributed by atoms with E-state index in [0.29, 0.717) is 12.8 Å². The van der Waals surface area contributed by atoms with E-state index in [9.17, 15) is 9.59 Å². The number of amides is 2. The van der Waals surface area contributed by atoms with Gasteiger partial charge in [0.25, 0.3) is 0 Å². The van der Waals surface area contributed by atoms with Crippen molar-refractivity contribution in [3.63, 3.8) is 0 Å². The number of hydrogen-bond acceptors (Lipinski definition) is 2. The van der Waals surface area contributed by atoms with Gasteiger partial charge in [-0.2, -0.15) is 0 Å². The van der Waals surface area contributed by atoms with Gasteiger partial charge >= 0.3 is 42.6 Å². The molecule has 8 heteroatoms. The molecule has 0 aliphatic carbocycles. The Kier molecular flexibility index (Phi) is 22.8. The fraction of sp³-hybridized carbons (Fsp3) is 0.667. The fourth-order valence-electron chi connectivity index (χ4n) is 0. The number of nitrogens with one attached hydrogen (secondary N) is 2. The molecule has 0 fully saturated rings. The van der Waals surface area contributed by atoms with Gasteiger partial charge in [-0.05, 0) is 12.8 Å². The van der Waals surface area contributed by atoms with Gasteiger partial charge < -0.3 is 21.1 Å². The summed E-state index contributed by atoms with van der Waals surface area (Å²) in [6.07, 6.45) is 0.667. The topological polar surface area (TPSA) is 81.7 Å². The second-order valence-corrected chi connectivity index (χ2v) is 9.51. The second-order valence-electron chi connectivity index (χ2n) is 1.77. The minimum atomic E-state index is -1.92. The van der Waals surface area contributed by atoms with E-state index in [-0.39, 0.29) is 0 Å². The van der Waals surface area contributed by atoms with Gasteiger partial charge in [-0.25, -0.2) is 0 Å². The van der Waals surface area contributed by atoms with E-state index in [1.165, 1.54) is 0 Å². The fourth-order valence-corrected chi connectivity index (χ4v) is 0. The molecule has 2 N–H and O–H groups in total. The van der Waals surface area contributed by atoms with Crippen molar-refractivity contribution in [3.05, 3.63) is 11.5 Å². The maximum atomic E-state index is 9.48. The molecule has 0 aliphatic rings. The Bertz CT molecular complexity index is 141. The minimum absolute atomic E-state index is 0.333. The third kappa shape index (κ3) is 81.3. The second kappa shape index (κ2) is 16.0. The van der Waals surface area contributed by atoms with Gasteiger partial charge in [0.1, 0.15) is 0 Å². The van der Waals surface area contributed by atoms with E-state index in [2.05, 4.69) is 0 Å². The Morgan fingerprint density at radius 1 is 1.00 bits per heavy atom. The summed E-state index contributed by atoms with van der Waals surface area (Å²) in [6.45, 7) is 3.32. The average Bonchev–Trinajstić information content (AvgIpc) is 2.04. The maximum absolute atomic E-state index is 9.48. The van der Waals surface area contributed by atoms with Crippen LogP contribution in [0.4, 0.5) is 0 Å². The molecule has 0 aromatic carbocycles. The van der Waals surface area contributed by atoms with Crippen molar-refractivity contribution in [3.8, 4) is 0 Å². The van der Waals surface area contributed by atoms with Gasteiger partial charge in [-0.15, -0.1) is 0 Å². The van der Waals surface area contributed by atoms with E-state index in [4.69, 9.17) is 39.4 Å². The first-order valence-corrected chi connectivity index (χ1v) is 10.0. The molecular weight excluding hydrogens is 286 g/mol. The van der Waals surface area contributed by atoms with Gasteiger partial charge in [0.15, 0.2) is 0 Å². The Labute approximate surface area is 102 Å². The summed E-state index contributed by atoms with van der Waals surface area (Å²) >= 11 is -1.92. The van der Waals surface area contributed by atoms with E-state index in [1.807, 2.05) is 0 Å². The zero-order chi connectivity index (χ0) is 12.1. The molecule has 0 aliphatic heterocycles. The Balaban J connectivity index is -0.000000131. The molecule has 0 bridgehead atoms. The van der Waals surface area contributed by atoms with Gasteiger partial charge in [0, 0.05) is 11.8 Å². The van der Waals surface area contributed by atoms with Crippen molar-refractivity contribution in [2.24, 2.45) is 0 Å². The van der Waals surface area contributed by atoms with Crippen LogP contribution in [0.1, 0.15) is 26.7 Å². The number of rotatable bonds is 2. The summed E-state index contributed by atoms with van der Waals surface area (Å²) in [5.41, 5.74) is 12.4. The number of hydrogen-bond donors (Lipinski definition) is 0. The van der Waals surface area contributed by atoms with E-state index >= 15 is 0 Å². The van der Waals surface area contributed by atoms with E-state index in [1.54, 1.807) is 13.8 Å².